The molecule has 90 valence electrons. The molecule has 1 saturated heterocycles. The van der Waals surface area contributed by atoms with Crippen LogP contribution in [0.1, 0.15) is 23.7 Å². The number of likely N-dealkylation sites (N-methyl/N-ethyl adjacent to an activating group) is 1. The van der Waals surface area contributed by atoms with Crippen molar-refractivity contribution >= 4 is 10.9 Å². The van der Waals surface area contributed by atoms with Gasteiger partial charge in [-0.15, -0.1) is 0 Å². The number of rotatable bonds is 1. The van der Waals surface area contributed by atoms with Crippen LogP contribution in [0, 0.1) is 13.8 Å². The molecule has 1 unspecified atom stereocenters. The van der Waals surface area contributed by atoms with Crippen molar-refractivity contribution in [3.05, 3.63) is 35.5 Å². The van der Waals surface area contributed by atoms with Crippen molar-refractivity contribution in [1.29, 1.82) is 0 Å². The summed E-state index contributed by atoms with van der Waals surface area (Å²) >= 11 is 0. The molecule has 1 aliphatic rings. The Morgan fingerprint density at radius 2 is 2.00 bits per heavy atom. The van der Waals surface area contributed by atoms with E-state index >= 15 is 0 Å². The van der Waals surface area contributed by atoms with Gasteiger partial charge in [0.15, 0.2) is 0 Å². The van der Waals surface area contributed by atoms with Crippen LogP contribution in [0.5, 0.6) is 0 Å². The zero-order valence-electron chi connectivity index (χ0n) is 10.9. The molecular formula is C15H20N2. The molecule has 0 aliphatic carbocycles. The molecule has 0 radical (unpaired) electrons. The van der Waals surface area contributed by atoms with Crippen LogP contribution >= 0.6 is 0 Å². The monoisotopic (exact) mass is 228 g/mol. The molecular weight excluding hydrogens is 208 g/mol. The molecule has 2 nitrogen and oxygen atoms in total. The molecule has 0 amide bonds. The van der Waals surface area contributed by atoms with Gasteiger partial charge in [0, 0.05) is 23.8 Å². The summed E-state index contributed by atoms with van der Waals surface area (Å²) in [6, 6.07) is 9.73. The molecule has 3 rings (SSSR count). The molecule has 17 heavy (non-hydrogen) atoms. The molecule has 1 fully saturated rings. The molecule has 0 spiro atoms. The SMILES string of the molecule is Cc1ccc2cc(C)n(C3CCN(C)C3)c2c1. The Labute approximate surface area is 103 Å². The predicted octanol–water partition coefficient (Wildman–Crippen LogP) is 3.13. The molecule has 0 saturated carbocycles. The number of nitrogens with zero attached hydrogens (tertiary/aromatic N) is 2. The summed E-state index contributed by atoms with van der Waals surface area (Å²) < 4.78 is 2.53. The smallest absolute Gasteiger partial charge is 0.0488 e. The minimum atomic E-state index is 0.652. The quantitative estimate of drug-likeness (QED) is 0.728. The topological polar surface area (TPSA) is 8.17 Å². The summed E-state index contributed by atoms with van der Waals surface area (Å²) in [4.78, 5) is 2.42. The van der Waals surface area contributed by atoms with E-state index in [1.807, 2.05) is 0 Å². The molecule has 1 atom stereocenters. The number of hydrogen-bond donors (Lipinski definition) is 0. The van der Waals surface area contributed by atoms with E-state index in [2.05, 4.69) is 54.6 Å². The summed E-state index contributed by atoms with van der Waals surface area (Å²) in [5.74, 6) is 0. The van der Waals surface area contributed by atoms with Crippen LogP contribution in [0.4, 0.5) is 0 Å². The molecule has 0 N–H and O–H groups in total. The summed E-state index contributed by atoms with van der Waals surface area (Å²) in [6.45, 7) is 6.80. The molecule has 1 aliphatic heterocycles. The Kier molecular flexibility index (Phi) is 2.48. The predicted molar refractivity (Wildman–Crippen MR) is 72.6 cm³/mol. The summed E-state index contributed by atoms with van der Waals surface area (Å²) in [6.07, 6.45) is 1.27. The Morgan fingerprint density at radius 1 is 1.18 bits per heavy atom. The lowest BCUT2D eigenvalue weighted by Crippen LogP contribution is -2.16. The Bertz CT molecular complexity index is 553. The zero-order valence-corrected chi connectivity index (χ0v) is 10.9. The molecule has 0 bridgehead atoms. The number of aromatic nitrogens is 1. The van der Waals surface area contributed by atoms with Crippen molar-refractivity contribution in [2.45, 2.75) is 26.3 Å². The fourth-order valence-electron chi connectivity index (χ4n) is 3.08. The van der Waals surface area contributed by atoms with Crippen LogP contribution < -0.4 is 0 Å². The van der Waals surface area contributed by atoms with Crippen LogP contribution in [0.25, 0.3) is 10.9 Å². The lowest BCUT2D eigenvalue weighted by Gasteiger charge is -2.17. The van der Waals surface area contributed by atoms with E-state index in [0.717, 1.165) is 0 Å². The first-order valence-electron chi connectivity index (χ1n) is 6.42. The van der Waals surface area contributed by atoms with E-state index in [4.69, 9.17) is 0 Å². The van der Waals surface area contributed by atoms with Gasteiger partial charge < -0.3 is 9.47 Å². The van der Waals surface area contributed by atoms with Gasteiger partial charge >= 0.3 is 0 Å². The highest BCUT2D eigenvalue weighted by Gasteiger charge is 2.23. The van der Waals surface area contributed by atoms with E-state index in [1.165, 1.54) is 41.7 Å². The third-order valence-electron chi connectivity index (χ3n) is 3.92. The van der Waals surface area contributed by atoms with Crippen molar-refractivity contribution in [3.63, 3.8) is 0 Å². The Hall–Kier alpha value is -1.28. The fraction of sp³-hybridized carbons (Fsp3) is 0.467. The normalized spacial score (nSPS) is 21.5. The van der Waals surface area contributed by atoms with Gasteiger partial charge in [0.1, 0.15) is 0 Å². The number of benzene rings is 1. The third-order valence-corrected chi connectivity index (χ3v) is 3.92. The Morgan fingerprint density at radius 3 is 2.71 bits per heavy atom. The van der Waals surface area contributed by atoms with E-state index in [-0.39, 0.29) is 0 Å². The first-order chi connectivity index (χ1) is 8.15. The molecule has 2 aromatic rings. The van der Waals surface area contributed by atoms with Gasteiger partial charge in [0.25, 0.3) is 0 Å². The van der Waals surface area contributed by atoms with Crippen LogP contribution in [-0.2, 0) is 0 Å². The van der Waals surface area contributed by atoms with Gasteiger partial charge in [-0.2, -0.15) is 0 Å². The summed E-state index contributed by atoms with van der Waals surface area (Å²) in [7, 11) is 2.21. The standard InChI is InChI=1S/C15H20N2/c1-11-4-5-13-9-12(2)17(15(13)8-11)14-6-7-16(3)10-14/h4-5,8-9,14H,6-7,10H2,1-3H3. The maximum absolute atomic E-state index is 2.53. The van der Waals surface area contributed by atoms with E-state index < -0.39 is 0 Å². The lowest BCUT2D eigenvalue weighted by molar-refractivity contribution is 0.394. The van der Waals surface area contributed by atoms with Crippen LogP contribution in [0.2, 0.25) is 0 Å². The zero-order chi connectivity index (χ0) is 12.0. The van der Waals surface area contributed by atoms with Gasteiger partial charge in [-0.25, -0.2) is 0 Å². The fourth-order valence-corrected chi connectivity index (χ4v) is 3.08. The molecule has 1 aromatic carbocycles. The minimum absolute atomic E-state index is 0.652. The molecule has 2 heteroatoms. The van der Waals surface area contributed by atoms with E-state index in [0.29, 0.717) is 6.04 Å². The largest absolute Gasteiger partial charge is 0.340 e. The van der Waals surface area contributed by atoms with Crippen molar-refractivity contribution in [2.24, 2.45) is 0 Å². The maximum atomic E-state index is 2.53. The molecule has 2 heterocycles. The second-order valence-corrected chi connectivity index (χ2v) is 5.42. The van der Waals surface area contributed by atoms with Crippen LogP contribution in [-0.4, -0.2) is 29.6 Å². The first kappa shape index (κ1) is 10.8. The number of hydrogen-bond acceptors (Lipinski definition) is 1. The van der Waals surface area contributed by atoms with E-state index in [9.17, 15) is 0 Å². The number of fused-ring (bicyclic) bond motifs is 1. The maximum Gasteiger partial charge on any atom is 0.0488 e. The highest BCUT2D eigenvalue weighted by molar-refractivity contribution is 5.82. The Balaban J connectivity index is 2.14. The van der Waals surface area contributed by atoms with Crippen molar-refractivity contribution in [1.82, 2.24) is 9.47 Å². The average molecular weight is 228 g/mol. The number of likely N-dealkylation sites (tertiary alicyclic amines) is 1. The number of aryl methyl sites for hydroxylation is 2. The molecule has 1 aromatic heterocycles. The van der Waals surface area contributed by atoms with Crippen molar-refractivity contribution < 1.29 is 0 Å². The summed E-state index contributed by atoms with van der Waals surface area (Å²) in [5.41, 5.74) is 4.15. The second kappa shape index (κ2) is 3.88. The highest BCUT2D eigenvalue weighted by atomic mass is 15.2. The van der Waals surface area contributed by atoms with Gasteiger partial charge in [-0.05, 0) is 56.9 Å². The second-order valence-electron chi connectivity index (χ2n) is 5.42. The average Bonchev–Trinajstić information content (AvgIpc) is 2.81. The third kappa shape index (κ3) is 1.77. The first-order valence-corrected chi connectivity index (χ1v) is 6.42. The van der Waals surface area contributed by atoms with Gasteiger partial charge in [-0.1, -0.05) is 12.1 Å². The van der Waals surface area contributed by atoms with Gasteiger partial charge in [-0.3, -0.25) is 0 Å². The van der Waals surface area contributed by atoms with Crippen LogP contribution in [0.15, 0.2) is 24.3 Å². The summed E-state index contributed by atoms with van der Waals surface area (Å²) in [5, 5.41) is 1.38. The van der Waals surface area contributed by atoms with E-state index in [1.54, 1.807) is 0 Å². The van der Waals surface area contributed by atoms with Gasteiger partial charge in [0.05, 0.1) is 0 Å². The highest BCUT2D eigenvalue weighted by Crippen LogP contribution is 2.29. The van der Waals surface area contributed by atoms with Crippen molar-refractivity contribution in [3.8, 4) is 0 Å². The lowest BCUT2D eigenvalue weighted by atomic mass is 10.2. The van der Waals surface area contributed by atoms with Crippen LogP contribution in [0.3, 0.4) is 0 Å². The van der Waals surface area contributed by atoms with Crippen molar-refractivity contribution in [2.75, 3.05) is 20.1 Å². The van der Waals surface area contributed by atoms with Gasteiger partial charge in [0.2, 0.25) is 0 Å². The minimum Gasteiger partial charge on any atom is -0.340 e.